The van der Waals surface area contributed by atoms with Gasteiger partial charge in [0, 0.05) is 70.8 Å². The second kappa shape index (κ2) is 13.9. The van der Waals surface area contributed by atoms with Crippen LogP contribution in [0.25, 0.3) is 78.2 Å². The largest absolute Gasteiger partial charge is 0.270 e. The third-order valence-electron chi connectivity index (χ3n) is 8.98. The number of aromatic nitrogens is 4. The van der Waals surface area contributed by atoms with Gasteiger partial charge in [-0.15, -0.1) is 0 Å². The zero-order chi connectivity index (χ0) is 39.1. The lowest BCUT2D eigenvalue weighted by Gasteiger charge is -2.13. The zero-order valence-corrected chi connectivity index (χ0v) is 28.5. The smallest absolute Gasteiger partial charge is 0.258 e. The van der Waals surface area contributed by atoms with E-state index in [1.54, 1.807) is 48.5 Å². The van der Waals surface area contributed by atoms with Crippen LogP contribution in [0.3, 0.4) is 0 Å². The number of benzene rings is 6. The Morgan fingerprint density at radius 3 is 0.839 bits per heavy atom. The lowest BCUT2D eigenvalue weighted by molar-refractivity contribution is -0.385. The first-order valence-corrected chi connectivity index (χ1v) is 16.7. The Morgan fingerprint density at radius 1 is 0.304 bits per heavy atom. The Bertz CT molecular complexity index is 2770. The van der Waals surface area contributed by atoms with E-state index in [0.29, 0.717) is 66.8 Å². The van der Waals surface area contributed by atoms with Crippen LogP contribution in [-0.4, -0.2) is 39.6 Å². The maximum atomic E-state index is 11.7. The summed E-state index contributed by atoms with van der Waals surface area (Å²) in [5.41, 5.74) is 5.24. The molecule has 6 aromatic carbocycles. The highest BCUT2D eigenvalue weighted by Crippen LogP contribution is 2.37. The van der Waals surface area contributed by atoms with Crippen molar-refractivity contribution in [3.8, 4) is 56.2 Å². The van der Waals surface area contributed by atoms with E-state index in [1.165, 1.54) is 72.8 Å². The third kappa shape index (κ3) is 6.56. The molecular weight excluding hydrogens is 720 g/mol. The van der Waals surface area contributed by atoms with Gasteiger partial charge in [-0.25, -0.2) is 19.9 Å². The fourth-order valence-electron chi connectivity index (χ4n) is 6.34. The molecule has 0 bridgehead atoms. The molecule has 0 spiro atoms. The number of fused-ring (bicyclic) bond motifs is 2. The van der Waals surface area contributed by atoms with Crippen LogP contribution >= 0.6 is 0 Å². The normalized spacial score (nSPS) is 11.1. The van der Waals surface area contributed by atoms with E-state index in [4.69, 9.17) is 19.9 Å². The van der Waals surface area contributed by atoms with Gasteiger partial charge < -0.3 is 0 Å². The van der Waals surface area contributed by atoms with E-state index in [2.05, 4.69) is 0 Å². The Labute approximate surface area is 314 Å². The second-order valence-corrected chi connectivity index (χ2v) is 12.5. The summed E-state index contributed by atoms with van der Waals surface area (Å²) < 4.78 is 0. The number of hydrogen-bond acceptors (Lipinski definition) is 12. The highest BCUT2D eigenvalue weighted by molar-refractivity contribution is 5.92. The highest BCUT2D eigenvalue weighted by Gasteiger charge is 2.21. The number of nitro benzene ring substituents is 4. The lowest BCUT2D eigenvalue weighted by Crippen LogP contribution is -1.98. The molecule has 0 atom stereocenters. The molecule has 2 heterocycles. The van der Waals surface area contributed by atoms with Crippen molar-refractivity contribution in [3.05, 3.63) is 174 Å². The minimum absolute atomic E-state index is 0.157. The molecule has 0 N–H and O–H groups in total. The van der Waals surface area contributed by atoms with Gasteiger partial charge >= 0.3 is 0 Å². The van der Waals surface area contributed by atoms with Crippen molar-refractivity contribution in [1.82, 2.24) is 19.9 Å². The standard InChI is InChI=1S/C40H22N8O8/c49-45(50)29-9-1-5-25(17-29)37-39(27-7-3-11-31(19-27)47(53)54)43-35-21-23(13-15-33(35)41-37)24-14-16-34-36(22-24)44-40(28-8-4-12-32(20-28)48(55)56)38(42-34)26-6-2-10-30(18-26)46(51)52/h1-22H. The van der Waals surface area contributed by atoms with Crippen LogP contribution in [0.1, 0.15) is 0 Å². The molecule has 0 aliphatic rings. The molecule has 0 saturated heterocycles. The molecule has 8 aromatic rings. The van der Waals surface area contributed by atoms with E-state index in [-0.39, 0.29) is 34.1 Å². The third-order valence-corrected chi connectivity index (χ3v) is 8.98. The molecule has 16 heteroatoms. The fraction of sp³-hybridized carbons (Fsp3) is 0. The average molecular weight is 743 g/mol. The zero-order valence-electron chi connectivity index (χ0n) is 28.5. The molecule has 270 valence electrons. The van der Waals surface area contributed by atoms with Crippen LogP contribution in [0.4, 0.5) is 22.7 Å². The van der Waals surface area contributed by atoms with Gasteiger partial charge in [-0.1, -0.05) is 60.7 Å². The van der Waals surface area contributed by atoms with Crippen LogP contribution in [0.2, 0.25) is 0 Å². The summed E-state index contributed by atoms with van der Waals surface area (Å²) in [7, 11) is 0. The maximum absolute atomic E-state index is 11.7. The van der Waals surface area contributed by atoms with Crippen molar-refractivity contribution in [2.45, 2.75) is 0 Å². The van der Waals surface area contributed by atoms with Crippen LogP contribution < -0.4 is 0 Å². The molecule has 56 heavy (non-hydrogen) atoms. The molecule has 8 rings (SSSR count). The molecule has 0 fully saturated rings. The van der Waals surface area contributed by atoms with Gasteiger partial charge in [-0.2, -0.15) is 0 Å². The first-order chi connectivity index (χ1) is 27.0. The van der Waals surface area contributed by atoms with Crippen molar-refractivity contribution in [1.29, 1.82) is 0 Å². The van der Waals surface area contributed by atoms with E-state index in [0.717, 1.165) is 0 Å². The fourth-order valence-corrected chi connectivity index (χ4v) is 6.34. The molecule has 0 aliphatic heterocycles. The Hall–Kier alpha value is -8.40. The molecular formula is C40H22N8O8. The first kappa shape index (κ1) is 34.7. The molecule has 0 saturated carbocycles. The van der Waals surface area contributed by atoms with Gasteiger partial charge in [-0.05, 0) is 35.4 Å². The van der Waals surface area contributed by atoms with E-state index >= 15 is 0 Å². The number of hydrogen-bond donors (Lipinski definition) is 0. The Balaban J connectivity index is 1.29. The van der Waals surface area contributed by atoms with Crippen LogP contribution in [0.5, 0.6) is 0 Å². The quantitative estimate of drug-likeness (QED) is 0.0995. The van der Waals surface area contributed by atoms with E-state index in [9.17, 15) is 40.5 Å². The monoisotopic (exact) mass is 742 g/mol. The van der Waals surface area contributed by atoms with Crippen molar-refractivity contribution < 1.29 is 19.7 Å². The highest BCUT2D eigenvalue weighted by atomic mass is 16.6. The Morgan fingerprint density at radius 2 is 0.571 bits per heavy atom. The van der Waals surface area contributed by atoms with Gasteiger partial charge in [-0.3, -0.25) is 40.5 Å². The van der Waals surface area contributed by atoms with Gasteiger partial charge in [0.25, 0.3) is 22.7 Å². The van der Waals surface area contributed by atoms with Crippen molar-refractivity contribution in [3.63, 3.8) is 0 Å². The second-order valence-electron chi connectivity index (χ2n) is 12.5. The number of rotatable bonds is 9. The van der Waals surface area contributed by atoms with Crippen molar-refractivity contribution in [2.24, 2.45) is 0 Å². The van der Waals surface area contributed by atoms with Gasteiger partial charge in [0.1, 0.15) is 0 Å². The van der Waals surface area contributed by atoms with E-state index in [1.807, 2.05) is 12.1 Å². The number of nitrogens with zero attached hydrogens (tertiary/aromatic N) is 8. The Kier molecular flexibility index (Phi) is 8.58. The number of nitro groups is 4. The minimum atomic E-state index is -0.525. The topological polar surface area (TPSA) is 224 Å². The SMILES string of the molecule is O=[N+]([O-])c1cccc(-c2nc3ccc(-c4ccc5nc(-c6cccc([N+](=O)[O-])c6)c(-c6cccc([N+](=O)[O-])c6)nc5c4)cc3nc2-c2cccc([N+](=O)[O-])c2)c1. The summed E-state index contributed by atoms with van der Waals surface area (Å²) in [5, 5.41) is 46.6. The summed E-state index contributed by atoms with van der Waals surface area (Å²) in [6, 6.07) is 34.3. The predicted molar refractivity (Wildman–Crippen MR) is 206 cm³/mol. The molecule has 0 aliphatic carbocycles. The van der Waals surface area contributed by atoms with Crippen molar-refractivity contribution in [2.75, 3.05) is 0 Å². The summed E-state index contributed by atoms with van der Waals surface area (Å²) in [5.74, 6) is 0. The first-order valence-electron chi connectivity index (χ1n) is 16.7. The lowest BCUT2D eigenvalue weighted by atomic mass is 10.0. The van der Waals surface area contributed by atoms with Gasteiger partial charge in [0.15, 0.2) is 0 Å². The molecule has 0 amide bonds. The predicted octanol–water partition coefficient (Wildman–Crippen LogP) is 9.54. The molecule has 0 radical (unpaired) electrons. The van der Waals surface area contributed by atoms with Crippen LogP contribution in [0, 0.1) is 40.5 Å². The van der Waals surface area contributed by atoms with Crippen molar-refractivity contribution >= 4 is 44.8 Å². The molecule has 2 aromatic heterocycles. The van der Waals surface area contributed by atoms with Crippen LogP contribution in [-0.2, 0) is 0 Å². The summed E-state index contributed by atoms with van der Waals surface area (Å²) in [6.07, 6.45) is 0. The van der Waals surface area contributed by atoms with Gasteiger partial charge in [0.05, 0.1) is 64.5 Å². The van der Waals surface area contributed by atoms with Crippen LogP contribution in [0.15, 0.2) is 133 Å². The number of non-ortho nitro benzene ring substituents is 4. The molecule has 0 unspecified atom stereocenters. The van der Waals surface area contributed by atoms with E-state index < -0.39 is 19.7 Å². The maximum Gasteiger partial charge on any atom is 0.270 e. The summed E-state index contributed by atoms with van der Waals surface area (Å²) in [6.45, 7) is 0. The summed E-state index contributed by atoms with van der Waals surface area (Å²) >= 11 is 0. The van der Waals surface area contributed by atoms with Gasteiger partial charge in [0.2, 0.25) is 0 Å². The summed E-state index contributed by atoms with van der Waals surface area (Å²) in [4.78, 5) is 63.9. The molecule has 16 nitrogen and oxygen atoms in total. The average Bonchev–Trinajstić information content (AvgIpc) is 3.22. The minimum Gasteiger partial charge on any atom is -0.258 e.